The van der Waals surface area contributed by atoms with Gasteiger partial charge in [0.05, 0.1) is 6.61 Å². The van der Waals surface area contributed by atoms with Crippen LogP contribution in [-0.2, 0) is 25.6 Å². The van der Waals surface area contributed by atoms with Gasteiger partial charge in [0.1, 0.15) is 24.2 Å². The number of benzene rings is 1. The van der Waals surface area contributed by atoms with Gasteiger partial charge in [0.2, 0.25) is 17.7 Å². The Labute approximate surface area is 208 Å². The molecule has 0 aliphatic rings. The molecule has 5 unspecified atom stereocenters. The summed E-state index contributed by atoms with van der Waals surface area (Å²) in [6, 6.07) is 2.83. The highest BCUT2D eigenvalue weighted by Gasteiger charge is 2.32. The van der Waals surface area contributed by atoms with Crippen molar-refractivity contribution in [2.45, 2.75) is 50.9 Å². The number of aromatic amines is 1. The molecule has 0 saturated carbocycles. The number of carbonyl (C=O) groups excluding carboxylic acids is 3. The maximum atomic E-state index is 13.3. The van der Waals surface area contributed by atoms with Crippen molar-refractivity contribution < 1.29 is 29.4 Å². The molecule has 192 valence electrons. The number of carbonyl (C=O) groups is 4. The summed E-state index contributed by atoms with van der Waals surface area (Å²) in [7, 11) is 0. The summed E-state index contributed by atoms with van der Waals surface area (Å²) in [6.45, 7) is 2.97. The fraction of sp³-hybridized carbons (Fsp3) is 0.478. The maximum Gasteiger partial charge on any atom is 0.327 e. The number of aromatic nitrogens is 1. The molecule has 1 heterocycles. The van der Waals surface area contributed by atoms with Gasteiger partial charge < -0.3 is 36.9 Å². The zero-order chi connectivity index (χ0) is 26.1. The van der Waals surface area contributed by atoms with Crippen LogP contribution in [0.3, 0.4) is 0 Å². The van der Waals surface area contributed by atoms with E-state index in [0.29, 0.717) is 6.42 Å². The van der Waals surface area contributed by atoms with E-state index in [0.717, 1.165) is 16.5 Å². The summed E-state index contributed by atoms with van der Waals surface area (Å²) in [4.78, 5) is 53.0. The van der Waals surface area contributed by atoms with Crippen LogP contribution in [0.4, 0.5) is 0 Å². The van der Waals surface area contributed by atoms with Gasteiger partial charge in [-0.15, -0.1) is 0 Å². The first-order valence-corrected chi connectivity index (χ1v) is 11.9. The molecule has 0 bridgehead atoms. The van der Waals surface area contributed by atoms with E-state index in [-0.39, 0.29) is 18.1 Å². The number of H-pyrrole nitrogens is 1. The monoisotopic (exact) mass is 507 g/mol. The van der Waals surface area contributed by atoms with Crippen LogP contribution in [0.15, 0.2) is 30.5 Å². The predicted molar refractivity (Wildman–Crippen MR) is 134 cm³/mol. The van der Waals surface area contributed by atoms with E-state index in [1.54, 1.807) is 13.1 Å². The topological polar surface area (TPSA) is 187 Å². The number of carboxylic acid groups (broad SMARTS) is 1. The Balaban J connectivity index is 2.30. The van der Waals surface area contributed by atoms with E-state index in [1.165, 1.54) is 0 Å². The van der Waals surface area contributed by atoms with Crippen LogP contribution in [0.25, 0.3) is 10.9 Å². The SMILES string of the molecule is CCC(C)C(NC(=O)C(Cc1c[nH]c2ccccc12)NC(=O)C(N)CO)C(=O)NC(CS)C(=O)O. The molecule has 35 heavy (non-hydrogen) atoms. The van der Waals surface area contributed by atoms with Gasteiger partial charge in [-0.2, -0.15) is 12.6 Å². The smallest absolute Gasteiger partial charge is 0.327 e. The minimum atomic E-state index is -1.25. The summed E-state index contributed by atoms with van der Waals surface area (Å²) in [5.74, 6) is -3.74. The number of para-hydroxylation sites is 1. The number of fused-ring (bicyclic) bond motifs is 1. The zero-order valence-corrected chi connectivity index (χ0v) is 20.5. The number of amides is 3. The highest BCUT2D eigenvalue weighted by molar-refractivity contribution is 7.80. The minimum Gasteiger partial charge on any atom is -0.480 e. The molecule has 8 N–H and O–H groups in total. The third-order valence-corrected chi connectivity index (χ3v) is 6.22. The van der Waals surface area contributed by atoms with Crippen molar-refractivity contribution in [3.63, 3.8) is 0 Å². The Hall–Kier alpha value is -3.09. The summed E-state index contributed by atoms with van der Waals surface area (Å²) in [5.41, 5.74) is 7.22. The van der Waals surface area contributed by atoms with E-state index in [4.69, 9.17) is 5.73 Å². The largest absolute Gasteiger partial charge is 0.480 e. The number of thiol groups is 1. The first-order chi connectivity index (χ1) is 16.6. The average molecular weight is 508 g/mol. The number of aliphatic hydroxyl groups is 1. The van der Waals surface area contributed by atoms with E-state index < -0.39 is 54.5 Å². The summed E-state index contributed by atoms with van der Waals surface area (Å²) < 4.78 is 0. The third kappa shape index (κ3) is 7.44. The first-order valence-electron chi connectivity index (χ1n) is 11.3. The van der Waals surface area contributed by atoms with Gasteiger partial charge in [0.25, 0.3) is 0 Å². The highest BCUT2D eigenvalue weighted by Crippen LogP contribution is 2.19. The Morgan fingerprint density at radius 1 is 1.06 bits per heavy atom. The molecule has 2 aromatic rings. The molecule has 0 saturated heterocycles. The van der Waals surface area contributed by atoms with Crippen molar-refractivity contribution in [1.82, 2.24) is 20.9 Å². The summed E-state index contributed by atoms with van der Waals surface area (Å²) in [5, 5.41) is 26.9. The van der Waals surface area contributed by atoms with Crippen molar-refractivity contribution in [2.24, 2.45) is 11.7 Å². The summed E-state index contributed by atoms with van der Waals surface area (Å²) >= 11 is 3.95. The molecule has 1 aromatic heterocycles. The lowest BCUT2D eigenvalue weighted by atomic mass is 9.96. The number of rotatable bonds is 13. The Morgan fingerprint density at radius 2 is 1.71 bits per heavy atom. The summed E-state index contributed by atoms with van der Waals surface area (Å²) in [6.07, 6.45) is 2.33. The van der Waals surface area contributed by atoms with Gasteiger partial charge in [0.15, 0.2) is 0 Å². The third-order valence-electron chi connectivity index (χ3n) is 5.86. The quantitative estimate of drug-likeness (QED) is 0.169. The average Bonchev–Trinajstić information content (AvgIpc) is 3.26. The fourth-order valence-corrected chi connectivity index (χ4v) is 3.74. The predicted octanol–water partition coefficient (Wildman–Crippen LogP) is -0.455. The second-order valence-electron chi connectivity index (χ2n) is 8.37. The molecule has 2 rings (SSSR count). The number of carboxylic acids is 1. The Bertz CT molecular complexity index is 1040. The van der Waals surface area contributed by atoms with Gasteiger partial charge >= 0.3 is 5.97 Å². The molecule has 3 amide bonds. The van der Waals surface area contributed by atoms with Crippen molar-refractivity contribution in [2.75, 3.05) is 12.4 Å². The minimum absolute atomic E-state index is 0.0863. The van der Waals surface area contributed by atoms with E-state index >= 15 is 0 Å². The number of nitrogens with two attached hydrogens (primary N) is 1. The number of aliphatic hydroxyl groups excluding tert-OH is 1. The van der Waals surface area contributed by atoms with Crippen LogP contribution in [0.5, 0.6) is 0 Å². The lowest BCUT2D eigenvalue weighted by Gasteiger charge is -2.28. The van der Waals surface area contributed by atoms with Gasteiger partial charge in [-0.3, -0.25) is 14.4 Å². The molecule has 5 atom stereocenters. The highest BCUT2D eigenvalue weighted by atomic mass is 32.1. The number of aliphatic carboxylic acids is 1. The maximum absolute atomic E-state index is 13.3. The van der Waals surface area contributed by atoms with Crippen molar-refractivity contribution in [1.29, 1.82) is 0 Å². The molecule has 0 aliphatic carbocycles. The standard InChI is InChI=1S/C23H33N5O6S/c1-3-12(2)19(22(32)27-18(11-35)23(33)34)28-21(31)17(26-20(30)15(24)10-29)8-13-9-25-16-7-5-4-6-14(13)16/h4-7,9,12,15,17-19,25,29,35H,3,8,10-11,24H2,1-2H3,(H,26,30)(H,27,32)(H,28,31)(H,33,34). The number of hydrogen-bond donors (Lipinski definition) is 8. The lowest BCUT2D eigenvalue weighted by Crippen LogP contribution is -2.59. The van der Waals surface area contributed by atoms with Crippen LogP contribution in [-0.4, -0.2) is 75.4 Å². The molecule has 0 radical (unpaired) electrons. The fourth-order valence-electron chi connectivity index (χ4n) is 3.49. The van der Waals surface area contributed by atoms with Crippen molar-refractivity contribution in [3.8, 4) is 0 Å². The Morgan fingerprint density at radius 3 is 2.31 bits per heavy atom. The van der Waals surface area contributed by atoms with E-state index in [2.05, 4.69) is 33.6 Å². The van der Waals surface area contributed by atoms with Gasteiger partial charge in [-0.25, -0.2) is 4.79 Å². The molecule has 0 fully saturated rings. The second kappa shape index (κ2) is 13.1. The molecule has 11 nitrogen and oxygen atoms in total. The molecule has 0 aliphatic heterocycles. The molecule has 0 spiro atoms. The molecular weight excluding hydrogens is 474 g/mol. The number of nitrogens with one attached hydrogen (secondary N) is 4. The molecule has 12 heteroatoms. The molecular formula is C23H33N5O6S. The lowest BCUT2D eigenvalue weighted by molar-refractivity contribution is -0.142. The van der Waals surface area contributed by atoms with Crippen LogP contribution in [0, 0.1) is 5.92 Å². The van der Waals surface area contributed by atoms with Crippen LogP contribution in [0.1, 0.15) is 25.8 Å². The van der Waals surface area contributed by atoms with Crippen LogP contribution >= 0.6 is 12.6 Å². The van der Waals surface area contributed by atoms with Crippen LogP contribution in [0.2, 0.25) is 0 Å². The van der Waals surface area contributed by atoms with E-state index in [9.17, 15) is 29.4 Å². The normalized spacial score (nSPS) is 15.5. The molecule has 1 aromatic carbocycles. The van der Waals surface area contributed by atoms with Gasteiger partial charge in [-0.1, -0.05) is 38.5 Å². The van der Waals surface area contributed by atoms with Crippen LogP contribution < -0.4 is 21.7 Å². The Kier molecular flexibility index (Phi) is 10.6. The van der Waals surface area contributed by atoms with E-state index in [1.807, 2.05) is 31.2 Å². The van der Waals surface area contributed by atoms with Gasteiger partial charge in [0, 0.05) is 29.3 Å². The van der Waals surface area contributed by atoms with Crippen molar-refractivity contribution in [3.05, 3.63) is 36.0 Å². The zero-order valence-electron chi connectivity index (χ0n) is 19.7. The van der Waals surface area contributed by atoms with Crippen molar-refractivity contribution >= 4 is 47.2 Å². The van der Waals surface area contributed by atoms with Gasteiger partial charge in [-0.05, 0) is 17.5 Å². The second-order valence-corrected chi connectivity index (χ2v) is 8.73. The number of hydrogen-bond acceptors (Lipinski definition) is 7. The first kappa shape index (κ1) is 28.1.